The van der Waals surface area contributed by atoms with Crippen molar-refractivity contribution in [3.8, 4) is 0 Å². The van der Waals surface area contributed by atoms with Crippen molar-refractivity contribution in [3.05, 3.63) is 17.0 Å². The van der Waals surface area contributed by atoms with E-state index in [0.29, 0.717) is 11.7 Å². The number of anilines is 1. The molecule has 0 atom stereocenters. The van der Waals surface area contributed by atoms with Crippen molar-refractivity contribution >= 4 is 16.7 Å². The first-order valence-electron chi connectivity index (χ1n) is 5.52. The highest BCUT2D eigenvalue weighted by atomic mass is 15.3. The average Bonchev–Trinajstić information content (AvgIpc) is 2.53. The molecule has 2 heterocycles. The molecule has 4 heteroatoms. The Kier molecular flexibility index (Phi) is 2.37. The fourth-order valence-corrected chi connectivity index (χ4v) is 2.11. The first-order valence-corrected chi connectivity index (χ1v) is 5.52. The molecule has 0 saturated heterocycles. The van der Waals surface area contributed by atoms with Crippen molar-refractivity contribution in [1.82, 2.24) is 14.8 Å². The molecule has 2 aromatic rings. The third kappa shape index (κ3) is 1.37. The number of hydrogen-bond donors (Lipinski definition) is 1. The molecule has 0 radical (unpaired) electrons. The number of nitrogens with zero attached hydrogens (tertiary/aromatic N) is 3. The van der Waals surface area contributed by atoms with E-state index in [1.165, 1.54) is 10.9 Å². The van der Waals surface area contributed by atoms with E-state index in [2.05, 4.69) is 30.9 Å². The van der Waals surface area contributed by atoms with Crippen LogP contribution in [0.5, 0.6) is 0 Å². The van der Waals surface area contributed by atoms with E-state index in [1.807, 2.05) is 18.7 Å². The van der Waals surface area contributed by atoms with Crippen molar-refractivity contribution in [3.63, 3.8) is 0 Å². The molecule has 0 aromatic carbocycles. The van der Waals surface area contributed by atoms with E-state index in [4.69, 9.17) is 5.73 Å². The molecule has 0 aliphatic carbocycles. The molecular formula is C12H18N4. The lowest BCUT2D eigenvalue weighted by Crippen LogP contribution is -2.00. The molecule has 0 unspecified atom stereocenters. The molecule has 86 valence electrons. The van der Waals surface area contributed by atoms with Crippen LogP contribution in [0, 0.1) is 13.8 Å². The molecule has 0 bridgehead atoms. The van der Waals surface area contributed by atoms with Gasteiger partial charge in [0.1, 0.15) is 11.3 Å². The van der Waals surface area contributed by atoms with Crippen LogP contribution in [0.25, 0.3) is 10.9 Å². The van der Waals surface area contributed by atoms with Crippen molar-refractivity contribution in [2.75, 3.05) is 5.73 Å². The maximum absolute atomic E-state index is 5.97. The maximum atomic E-state index is 5.97. The Morgan fingerprint density at radius 3 is 2.44 bits per heavy atom. The zero-order valence-electron chi connectivity index (χ0n) is 10.5. The monoisotopic (exact) mass is 218 g/mol. The Bertz CT molecular complexity index is 552. The van der Waals surface area contributed by atoms with Gasteiger partial charge < -0.3 is 5.73 Å². The molecule has 0 fully saturated rings. The molecular weight excluding hydrogens is 200 g/mol. The Morgan fingerprint density at radius 1 is 1.25 bits per heavy atom. The van der Waals surface area contributed by atoms with Gasteiger partial charge in [-0.3, -0.25) is 4.68 Å². The number of fused-ring (bicyclic) bond motifs is 1. The van der Waals surface area contributed by atoms with Crippen molar-refractivity contribution < 1.29 is 0 Å². The average molecular weight is 218 g/mol. The minimum atomic E-state index is 0.392. The van der Waals surface area contributed by atoms with Crippen LogP contribution in [-0.4, -0.2) is 14.8 Å². The zero-order valence-corrected chi connectivity index (χ0v) is 10.5. The fraction of sp³-hybridized carbons (Fsp3) is 0.500. The lowest BCUT2D eigenvalue weighted by atomic mass is 10.0. The van der Waals surface area contributed by atoms with Gasteiger partial charge in [-0.25, -0.2) is 4.98 Å². The lowest BCUT2D eigenvalue weighted by Gasteiger charge is -2.07. The molecule has 2 rings (SSSR count). The molecule has 0 amide bonds. The van der Waals surface area contributed by atoms with Crippen LogP contribution in [0.2, 0.25) is 0 Å². The summed E-state index contributed by atoms with van der Waals surface area (Å²) in [6.07, 6.45) is 0. The number of aromatic nitrogens is 3. The van der Waals surface area contributed by atoms with Crippen molar-refractivity contribution in [2.24, 2.45) is 7.05 Å². The van der Waals surface area contributed by atoms with Gasteiger partial charge in [0.2, 0.25) is 0 Å². The summed E-state index contributed by atoms with van der Waals surface area (Å²) in [5, 5.41) is 5.72. The molecule has 0 spiro atoms. The summed E-state index contributed by atoms with van der Waals surface area (Å²) in [5.74, 6) is 0.962. The van der Waals surface area contributed by atoms with Gasteiger partial charge in [-0.15, -0.1) is 0 Å². The molecule has 0 saturated carbocycles. The van der Waals surface area contributed by atoms with Crippen LogP contribution in [0.4, 0.5) is 5.82 Å². The minimum Gasteiger partial charge on any atom is -0.382 e. The summed E-state index contributed by atoms with van der Waals surface area (Å²) in [6.45, 7) is 8.36. The number of pyridine rings is 1. The van der Waals surface area contributed by atoms with E-state index in [-0.39, 0.29) is 0 Å². The van der Waals surface area contributed by atoms with E-state index in [0.717, 1.165) is 16.9 Å². The standard InChI is InChI=1S/C12H18N4/c1-6(2)10-9-7(3)8(4)14-12(13)11(9)16(5)15-10/h6H,1-5H3,(H2,13,14). The largest absolute Gasteiger partial charge is 0.382 e. The quantitative estimate of drug-likeness (QED) is 0.799. The van der Waals surface area contributed by atoms with Crippen LogP contribution in [-0.2, 0) is 7.05 Å². The highest BCUT2D eigenvalue weighted by Gasteiger charge is 2.18. The first kappa shape index (κ1) is 10.9. The van der Waals surface area contributed by atoms with Gasteiger partial charge in [-0.05, 0) is 25.3 Å². The summed E-state index contributed by atoms with van der Waals surface area (Å²) in [4.78, 5) is 4.35. The molecule has 2 N–H and O–H groups in total. The van der Waals surface area contributed by atoms with Gasteiger partial charge in [0.05, 0.1) is 5.69 Å². The molecule has 4 nitrogen and oxygen atoms in total. The summed E-state index contributed by atoms with van der Waals surface area (Å²) in [5.41, 5.74) is 10.2. The van der Waals surface area contributed by atoms with Crippen molar-refractivity contribution in [2.45, 2.75) is 33.6 Å². The fourth-order valence-electron chi connectivity index (χ4n) is 2.11. The number of rotatable bonds is 1. The second-order valence-electron chi connectivity index (χ2n) is 4.59. The smallest absolute Gasteiger partial charge is 0.149 e. The van der Waals surface area contributed by atoms with Gasteiger partial charge >= 0.3 is 0 Å². The Hall–Kier alpha value is -1.58. The lowest BCUT2D eigenvalue weighted by molar-refractivity contribution is 0.729. The van der Waals surface area contributed by atoms with Gasteiger partial charge in [0.25, 0.3) is 0 Å². The summed E-state index contributed by atoms with van der Waals surface area (Å²) >= 11 is 0. The van der Waals surface area contributed by atoms with Crippen LogP contribution < -0.4 is 5.73 Å². The summed E-state index contributed by atoms with van der Waals surface area (Å²) < 4.78 is 1.83. The Labute approximate surface area is 95.5 Å². The number of hydrogen-bond acceptors (Lipinski definition) is 3. The van der Waals surface area contributed by atoms with Gasteiger partial charge in [-0.1, -0.05) is 13.8 Å². The third-order valence-electron chi connectivity index (χ3n) is 3.07. The van der Waals surface area contributed by atoms with Crippen LogP contribution >= 0.6 is 0 Å². The maximum Gasteiger partial charge on any atom is 0.149 e. The molecule has 2 aromatic heterocycles. The van der Waals surface area contributed by atoms with Gasteiger partial charge in [0.15, 0.2) is 0 Å². The van der Waals surface area contributed by atoms with Gasteiger partial charge in [-0.2, -0.15) is 5.10 Å². The molecule has 16 heavy (non-hydrogen) atoms. The van der Waals surface area contributed by atoms with E-state index < -0.39 is 0 Å². The predicted molar refractivity (Wildman–Crippen MR) is 66.5 cm³/mol. The minimum absolute atomic E-state index is 0.392. The van der Waals surface area contributed by atoms with Crippen LogP contribution in [0.15, 0.2) is 0 Å². The molecule has 0 aliphatic heterocycles. The zero-order chi connectivity index (χ0) is 12.0. The van der Waals surface area contributed by atoms with Crippen LogP contribution in [0.1, 0.15) is 36.7 Å². The topological polar surface area (TPSA) is 56.7 Å². The van der Waals surface area contributed by atoms with Gasteiger partial charge in [0, 0.05) is 18.1 Å². The van der Waals surface area contributed by atoms with E-state index >= 15 is 0 Å². The Morgan fingerprint density at radius 2 is 1.88 bits per heavy atom. The van der Waals surface area contributed by atoms with Crippen LogP contribution in [0.3, 0.4) is 0 Å². The summed E-state index contributed by atoms with van der Waals surface area (Å²) in [7, 11) is 1.92. The normalized spacial score (nSPS) is 11.6. The highest BCUT2D eigenvalue weighted by Crippen LogP contribution is 2.31. The predicted octanol–water partition coefficient (Wildman–Crippen LogP) is 2.29. The second-order valence-corrected chi connectivity index (χ2v) is 4.59. The number of nitrogens with two attached hydrogens (primary N) is 1. The molecule has 0 aliphatic rings. The SMILES string of the molecule is Cc1nc(N)c2c(c(C(C)C)nn2C)c1C. The highest BCUT2D eigenvalue weighted by molar-refractivity contribution is 5.93. The third-order valence-corrected chi connectivity index (χ3v) is 3.07. The van der Waals surface area contributed by atoms with E-state index in [9.17, 15) is 0 Å². The van der Waals surface area contributed by atoms with Crippen molar-refractivity contribution in [1.29, 1.82) is 0 Å². The van der Waals surface area contributed by atoms with E-state index in [1.54, 1.807) is 0 Å². The number of aryl methyl sites for hydroxylation is 3. The summed E-state index contributed by atoms with van der Waals surface area (Å²) in [6, 6.07) is 0. The second kappa shape index (κ2) is 3.47. The Balaban J connectivity index is 2.97. The first-order chi connectivity index (χ1) is 7.43. The number of nitrogen functional groups attached to an aromatic ring is 1.